The molecule has 4 heteroatoms. The lowest BCUT2D eigenvalue weighted by atomic mass is 10.1. The minimum Gasteiger partial charge on any atom is -0.487 e. The maximum Gasteiger partial charge on any atom is 0.335 e. The molecule has 0 bridgehead atoms. The van der Waals surface area contributed by atoms with Crippen molar-refractivity contribution in [1.82, 2.24) is 0 Å². The molecule has 0 fully saturated rings. The monoisotopic (exact) mass is 285 g/mol. The van der Waals surface area contributed by atoms with Crippen molar-refractivity contribution in [3.63, 3.8) is 0 Å². The summed E-state index contributed by atoms with van der Waals surface area (Å²) < 4.78 is 5.88. The van der Waals surface area contributed by atoms with Gasteiger partial charge >= 0.3 is 5.97 Å². The molecule has 110 valence electrons. The molecule has 0 aliphatic rings. The van der Waals surface area contributed by atoms with E-state index in [1.807, 2.05) is 44.1 Å². The molecule has 2 aromatic carbocycles. The van der Waals surface area contributed by atoms with Crippen molar-refractivity contribution in [3.05, 3.63) is 59.2 Å². The summed E-state index contributed by atoms with van der Waals surface area (Å²) in [6.07, 6.45) is 0. The number of nitrogens with zero attached hydrogens (tertiary/aromatic N) is 1. The van der Waals surface area contributed by atoms with Gasteiger partial charge in [-0.25, -0.2) is 4.79 Å². The summed E-state index contributed by atoms with van der Waals surface area (Å²) in [5.74, 6) is -0.0987. The quantitative estimate of drug-likeness (QED) is 0.915. The molecule has 2 aromatic rings. The van der Waals surface area contributed by atoms with Crippen LogP contribution in [-0.4, -0.2) is 25.2 Å². The largest absolute Gasteiger partial charge is 0.487 e. The average molecular weight is 285 g/mol. The number of benzene rings is 2. The zero-order valence-corrected chi connectivity index (χ0v) is 12.5. The zero-order chi connectivity index (χ0) is 15.4. The Bertz CT molecular complexity index is 633. The third-order valence-electron chi connectivity index (χ3n) is 3.19. The van der Waals surface area contributed by atoms with E-state index < -0.39 is 5.97 Å². The molecule has 2 rings (SSSR count). The third-order valence-corrected chi connectivity index (χ3v) is 3.19. The Morgan fingerprint density at radius 1 is 1.14 bits per heavy atom. The van der Waals surface area contributed by atoms with E-state index in [1.165, 1.54) is 0 Å². The lowest BCUT2D eigenvalue weighted by Crippen LogP contribution is -2.11. The molecular formula is C17H19NO3. The van der Waals surface area contributed by atoms with Gasteiger partial charge in [-0.1, -0.05) is 18.2 Å². The summed E-state index contributed by atoms with van der Waals surface area (Å²) in [6.45, 7) is 2.43. The molecule has 0 amide bonds. The van der Waals surface area contributed by atoms with E-state index in [9.17, 15) is 4.79 Å². The molecule has 0 unspecified atom stereocenters. The van der Waals surface area contributed by atoms with Gasteiger partial charge < -0.3 is 14.7 Å². The summed E-state index contributed by atoms with van der Waals surface area (Å²) in [7, 11) is 3.94. The van der Waals surface area contributed by atoms with Crippen LogP contribution >= 0.6 is 0 Å². The molecule has 0 spiro atoms. The predicted octanol–water partition coefficient (Wildman–Crippen LogP) is 3.34. The second-order valence-electron chi connectivity index (χ2n) is 5.16. The highest BCUT2D eigenvalue weighted by Gasteiger charge is 2.07. The van der Waals surface area contributed by atoms with Crippen molar-refractivity contribution in [2.45, 2.75) is 13.5 Å². The smallest absolute Gasteiger partial charge is 0.335 e. The number of hydrogen-bond acceptors (Lipinski definition) is 3. The molecule has 0 saturated heterocycles. The molecule has 0 atom stereocenters. The van der Waals surface area contributed by atoms with Crippen molar-refractivity contribution in [2.24, 2.45) is 0 Å². The Morgan fingerprint density at radius 2 is 1.81 bits per heavy atom. The van der Waals surface area contributed by atoms with Crippen molar-refractivity contribution < 1.29 is 14.6 Å². The highest BCUT2D eigenvalue weighted by atomic mass is 16.5. The van der Waals surface area contributed by atoms with Gasteiger partial charge in [-0.05, 0) is 42.3 Å². The molecule has 0 saturated carbocycles. The Kier molecular flexibility index (Phi) is 4.48. The van der Waals surface area contributed by atoms with Gasteiger partial charge in [0.1, 0.15) is 12.4 Å². The van der Waals surface area contributed by atoms with E-state index in [1.54, 1.807) is 24.3 Å². The summed E-state index contributed by atoms with van der Waals surface area (Å²) in [4.78, 5) is 12.8. The van der Waals surface area contributed by atoms with Crippen molar-refractivity contribution in [2.75, 3.05) is 19.0 Å². The molecular weight excluding hydrogens is 266 g/mol. The van der Waals surface area contributed by atoms with Crippen molar-refractivity contribution in [3.8, 4) is 5.75 Å². The van der Waals surface area contributed by atoms with Crippen LogP contribution in [0.15, 0.2) is 42.5 Å². The second-order valence-corrected chi connectivity index (χ2v) is 5.16. The van der Waals surface area contributed by atoms with Crippen LogP contribution in [0.5, 0.6) is 5.75 Å². The Balaban J connectivity index is 2.12. The molecule has 0 heterocycles. The molecule has 0 aromatic heterocycles. The van der Waals surface area contributed by atoms with Gasteiger partial charge in [0.15, 0.2) is 0 Å². The number of carbonyl (C=O) groups is 1. The molecule has 1 N–H and O–H groups in total. The summed E-state index contributed by atoms with van der Waals surface area (Å²) in [5, 5.41) is 8.87. The number of aromatic carboxylic acids is 1. The number of carboxylic acid groups (broad SMARTS) is 1. The summed E-state index contributed by atoms with van der Waals surface area (Å²) in [6, 6.07) is 12.8. The maximum atomic E-state index is 10.8. The van der Waals surface area contributed by atoms with Gasteiger partial charge in [0.2, 0.25) is 0 Å². The normalized spacial score (nSPS) is 10.2. The molecule has 0 radical (unpaired) electrons. The van der Waals surface area contributed by atoms with Crippen molar-refractivity contribution in [1.29, 1.82) is 0 Å². The first kappa shape index (κ1) is 14.9. The molecule has 4 nitrogen and oxygen atoms in total. The fraction of sp³-hybridized carbons (Fsp3) is 0.235. The van der Waals surface area contributed by atoms with E-state index in [0.717, 1.165) is 22.6 Å². The Morgan fingerprint density at radius 3 is 2.38 bits per heavy atom. The highest BCUT2D eigenvalue weighted by molar-refractivity contribution is 5.87. The fourth-order valence-electron chi connectivity index (χ4n) is 2.01. The van der Waals surface area contributed by atoms with Gasteiger partial charge in [-0.3, -0.25) is 0 Å². The van der Waals surface area contributed by atoms with Gasteiger partial charge in [-0.15, -0.1) is 0 Å². The second kappa shape index (κ2) is 6.31. The zero-order valence-electron chi connectivity index (χ0n) is 12.5. The minimum absolute atomic E-state index is 0.281. The summed E-state index contributed by atoms with van der Waals surface area (Å²) >= 11 is 0. The molecule has 0 aliphatic heterocycles. The topological polar surface area (TPSA) is 49.8 Å². The SMILES string of the molecule is Cc1ccc(N(C)C)c(OCc2ccc(C(=O)O)cc2)c1. The van der Waals surface area contributed by atoms with Gasteiger partial charge in [0.05, 0.1) is 11.3 Å². The maximum absolute atomic E-state index is 10.8. The highest BCUT2D eigenvalue weighted by Crippen LogP contribution is 2.28. The lowest BCUT2D eigenvalue weighted by molar-refractivity contribution is 0.0697. The predicted molar refractivity (Wildman–Crippen MR) is 83.2 cm³/mol. The van der Waals surface area contributed by atoms with E-state index in [0.29, 0.717) is 6.61 Å². The third kappa shape index (κ3) is 3.75. The average Bonchev–Trinajstić information content (AvgIpc) is 2.45. The fourth-order valence-corrected chi connectivity index (χ4v) is 2.01. The van der Waals surface area contributed by atoms with Gasteiger partial charge in [-0.2, -0.15) is 0 Å². The van der Waals surface area contributed by atoms with E-state index >= 15 is 0 Å². The van der Waals surface area contributed by atoms with E-state index in [-0.39, 0.29) is 5.56 Å². The minimum atomic E-state index is -0.920. The van der Waals surface area contributed by atoms with E-state index in [4.69, 9.17) is 9.84 Å². The summed E-state index contributed by atoms with van der Waals surface area (Å²) in [5.41, 5.74) is 3.37. The first-order chi connectivity index (χ1) is 9.97. The van der Waals surface area contributed by atoms with Crippen LogP contribution in [-0.2, 0) is 6.61 Å². The van der Waals surface area contributed by atoms with Crippen LogP contribution in [0.4, 0.5) is 5.69 Å². The number of carboxylic acids is 1. The Hall–Kier alpha value is -2.49. The van der Waals surface area contributed by atoms with Crippen LogP contribution in [0.2, 0.25) is 0 Å². The number of aryl methyl sites for hydroxylation is 1. The lowest BCUT2D eigenvalue weighted by Gasteiger charge is -2.18. The first-order valence-corrected chi connectivity index (χ1v) is 6.70. The molecule has 21 heavy (non-hydrogen) atoms. The van der Waals surface area contributed by atoms with Crippen LogP contribution in [0, 0.1) is 6.92 Å². The first-order valence-electron chi connectivity index (χ1n) is 6.70. The molecule has 0 aliphatic carbocycles. The van der Waals surface area contributed by atoms with Gasteiger partial charge in [0.25, 0.3) is 0 Å². The van der Waals surface area contributed by atoms with Crippen LogP contribution < -0.4 is 9.64 Å². The number of anilines is 1. The number of ether oxygens (including phenoxy) is 1. The number of rotatable bonds is 5. The van der Waals surface area contributed by atoms with E-state index in [2.05, 4.69) is 0 Å². The number of hydrogen-bond donors (Lipinski definition) is 1. The Labute approximate surface area is 124 Å². The van der Waals surface area contributed by atoms with Crippen LogP contribution in [0.1, 0.15) is 21.5 Å². The standard InChI is InChI=1S/C17H19NO3/c1-12-4-9-15(18(2)3)16(10-12)21-11-13-5-7-14(8-6-13)17(19)20/h4-10H,11H2,1-3H3,(H,19,20). The van der Waals surface area contributed by atoms with Crippen molar-refractivity contribution >= 4 is 11.7 Å². The van der Waals surface area contributed by atoms with Crippen LogP contribution in [0.3, 0.4) is 0 Å². The van der Waals surface area contributed by atoms with Gasteiger partial charge in [0, 0.05) is 14.1 Å². The van der Waals surface area contributed by atoms with Crippen LogP contribution in [0.25, 0.3) is 0 Å².